The van der Waals surface area contributed by atoms with Crippen LogP contribution in [0, 0.1) is 0 Å². The molecule has 0 aliphatic rings. The van der Waals surface area contributed by atoms with Crippen molar-refractivity contribution >= 4 is 103 Å². The van der Waals surface area contributed by atoms with Crippen LogP contribution in [0.2, 0.25) is 0 Å². The van der Waals surface area contributed by atoms with Crippen LogP contribution >= 0.6 is 11.3 Å². The third kappa shape index (κ3) is 5.30. The number of fused-ring (bicyclic) bond motifs is 10. The summed E-state index contributed by atoms with van der Waals surface area (Å²) in [7, 11) is 0. The van der Waals surface area contributed by atoms with Crippen molar-refractivity contribution in [3.63, 3.8) is 0 Å². The Kier molecular flexibility index (Phi) is 7.78. The standard InChI is InChI=1S/C58H36N2OS/c1-2-20-41-37(16-1)17-14-31-51(41)60(54-30-10-5-23-44(54)47-26-15-27-48-45-24-6-11-32-55(45)61-57(47)48)40-35-49(58-50(36-40)46-25-7-12-33-56(46)62-58)38-18-13-19-39(34-38)59-52-28-8-3-21-42(52)43-22-4-9-29-53(43)59/h1-36H. The second-order valence-corrected chi connectivity index (χ2v) is 17.1. The van der Waals surface area contributed by atoms with Crippen LogP contribution in [0.15, 0.2) is 223 Å². The molecule has 3 aromatic heterocycles. The molecular weight excluding hydrogens is 773 g/mol. The highest BCUT2D eigenvalue weighted by molar-refractivity contribution is 7.26. The maximum Gasteiger partial charge on any atom is 0.143 e. The summed E-state index contributed by atoms with van der Waals surface area (Å²) in [4.78, 5) is 2.48. The average Bonchev–Trinajstić information content (AvgIpc) is 4.02. The van der Waals surface area contributed by atoms with Crippen LogP contribution in [0.25, 0.3) is 103 Å². The summed E-state index contributed by atoms with van der Waals surface area (Å²) in [5.74, 6) is 0. The zero-order valence-corrected chi connectivity index (χ0v) is 34.3. The van der Waals surface area contributed by atoms with Crippen molar-refractivity contribution < 1.29 is 4.42 Å². The Morgan fingerprint density at radius 1 is 0.403 bits per heavy atom. The van der Waals surface area contributed by atoms with Crippen LogP contribution in [0.5, 0.6) is 0 Å². The van der Waals surface area contributed by atoms with Gasteiger partial charge in [-0.3, -0.25) is 0 Å². The quantitative estimate of drug-likeness (QED) is 0.167. The van der Waals surface area contributed by atoms with Crippen LogP contribution in [0.4, 0.5) is 17.1 Å². The Labute approximate surface area is 361 Å². The van der Waals surface area contributed by atoms with Gasteiger partial charge in [0.1, 0.15) is 11.2 Å². The molecule has 0 atom stereocenters. The van der Waals surface area contributed by atoms with Crippen molar-refractivity contribution in [1.82, 2.24) is 4.57 Å². The first-order valence-electron chi connectivity index (χ1n) is 21.1. The van der Waals surface area contributed by atoms with E-state index in [0.717, 1.165) is 55.8 Å². The Balaban J connectivity index is 1.10. The zero-order valence-electron chi connectivity index (χ0n) is 33.5. The molecule has 0 bridgehead atoms. The van der Waals surface area contributed by atoms with Gasteiger partial charge >= 0.3 is 0 Å². The molecule has 3 nitrogen and oxygen atoms in total. The summed E-state index contributed by atoms with van der Waals surface area (Å²) in [6.45, 7) is 0. The Bertz CT molecular complexity index is 3850. The van der Waals surface area contributed by atoms with Gasteiger partial charge in [-0.05, 0) is 71.6 Å². The Morgan fingerprint density at radius 3 is 1.87 bits per heavy atom. The summed E-state index contributed by atoms with van der Waals surface area (Å²) < 4.78 is 11.7. The van der Waals surface area contributed by atoms with E-state index in [0.29, 0.717) is 0 Å². The third-order valence-corrected chi connectivity index (χ3v) is 13.8. The van der Waals surface area contributed by atoms with E-state index in [4.69, 9.17) is 4.42 Å². The molecular formula is C58H36N2OS. The Hall–Kier alpha value is -7.92. The molecule has 0 aliphatic carbocycles. The normalized spacial score (nSPS) is 11.9. The monoisotopic (exact) mass is 808 g/mol. The molecule has 62 heavy (non-hydrogen) atoms. The second-order valence-electron chi connectivity index (χ2n) is 16.0. The summed E-state index contributed by atoms with van der Waals surface area (Å²) >= 11 is 1.87. The summed E-state index contributed by atoms with van der Waals surface area (Å²) in [6, 6.07) is 79.3. The van der Waals surface area contributed by atoms with E-state index in [2.05, 4.69) is 222 Å². The van der Waals surface area contributed by atoms with E-state index in [1.165, 1.54) is 63.9 Å². The first-order chi connectivity index (χ1) is 30.8. The highest BCUT2D eigenvalue weighted by atomic mass is 32.1. The van der Waals surface area contributed by atoms with Crippen molar-refractivity contribution in [2.45, 2.75) is 0 Å². The Morgan fingerprint density at radius 2 is 1.02 bits per heavy atom. The maximum atomic E-state index is 6.70. The summed E-state index contributed by atoms with van der Waals surface area (Å²) in [5, 5.41) is 9.60. The molecule has 3 heterocycles. The molecule has 0 spiro atoms. The van der Waals surface area contributed by atoms with Gasteiger partial charge < -0.3 is 13.9 Å². The number of hydrogen-bond acceptors (Lipinski definition) is 3. The molecule has 0 radical (unpaired) electrons. The fourth-order valence-electron chi connectivity index (χ4n) is 9.84. The smallest absolute Gasteiger partial charge is 0.143 e. The fraction of sp³-hybridized carbons (Fsp3) is 0. The minimum absolute atomic E-state index is 0.890. The number of rotatable bonds is 6. The van der Waals surface area contributed by atoms with Crippen LogP contribution in [-0.4, -0.2) is 4.57 Å². The molecule has 0 unspecified atom stereocenters. The van der Waals surface area contributed by atoms with Crippen molar-refractivity contribution in [2.75, 3.05) is 4.90 Å². The molecule has 0 aliphatic heterocycles. The molecule has 13 rings (SSSR count). The molecule has 10 aromatic carbocycles. The lowest BCUT2D eigenvalue weighted by atomic mass is 9.97. The number of benzene rings is 10. The molecule has 290 valence electrons. The minimum Gasteiger partial charge on any atom is -0.455 e. The van der Waals surface area contributed by atoms with E-state index in [1.54, 1.807) is 0 Å². The SMILES string of the molecule is c1cc(-c2cc(N(c3ccccc3-c3cccc4c3oc3ccccc34)c3cccc4ccccc34)cc3c2sc2ccccc23)cc(-n2c3ccccc3c3ccccc32)c1. The molecule has 0 amide bonds. The number of furan rings is 1. The first-order valence-corrected chi connectivity index (χ1v) is 21.9. The third-order valence-electron chi connectivity index (χ3n) is 12.6. The molecule has 0 N–H and O–H groups in total. The van der Waals surface area contributed by atoms with Crippen LogP contribution in [0.1, 0.15) is 0 Å². The van der Waals surface area contributed by atoms with Gasteiger partial charge in [0.15, 0.2) is 0 Å². The van der Waals surface area contributed by atoms with E-state index >= 15 is 0 Å². The lowest BCUT2D eigenvalue weighted by Crippen LogP contribution is -2.12. The van der Waals surface area contributed by atoms with Crippen molar-refractivity contribution in [1.29, 1.82) is 0 Å². The van der Waals surface area contributed by atoms with E-state index in [-0.39, 0.29) is 0 Å². The first kappa shape index (κ1) is 34.9. The van der Waals surface area contributed by atoms with Gasteiger partial charge in [-0.25, -0.2) is 0 Å². The van der Waals surface area contributed by atoms with Gasteiger partial charge in [-0.2, -0.15) is 0 Å². The van der Waals surface area contributed by atoms with Gasteiger partial charge in [-0.15, -0.1) is 11.3 Å². The van der Waals surface area contributed by atoms with Crippen molar-refractivity contribution in [3.05, 3.63) is 218 Å². The largest absolute Gasteiger partial charge is 0.455 e. The fourth-order valence-corrected chi connectivity index (χ4v) is 11.1. The van der Waals surface area contributed by atoms with Gasteiger partial charge in [0, 0.05) is 75.2 Å². The highest BCUT2D eigenvalue weighted by Gasteiger charge is 2.24. The lowest BCUT2D eigenvalue weighted by molar-refractivity contribution is 0.670. The maximum absolute atomic E-state index is 6.70. The van der Waals surface area contributed by atoms with Crippen LogP contribution in [0.3, 0.4) is 0 Å². The topological polar surface area (TPSA) is 21.3 Å². The van der Waals surface area contributed by atoms with Gasteiger partial charge in [0.25, 0.3) is 0 Å². The number of para-hydroxylation sites is 5. The predicted octanol–water partition coefficient (Wildman–Crippen LogP) is 17.0. The minimum atomic E-state index is 0.890. The molecule has 0 fully saturated rings. The second kappa shape index (κ2) is 13.8. The average molecular weight is 809 g/mol. The summed E-state index contributed by atoms with van der Waals surface area (Å²) in [5.41, 5.74) is 13.1. The van der Waals surface area contributed by atoms with Gasteiger partial charge in [0.05, 0.1) is 22.4 Å². The van der Waals surface area contributed by atoms with Gasteiger partial charge in [-0.1, -0.05) is 158 Å². The molecule has 13 aromatic rings. The summed E-state index contributed by atoms with van der Waals surface area (Å²) in [6.07, 6.45) is 0. The number of anilines is 3. The molecule has 0 saturated heterocycles. The lowest BCUT2D eigenvalue weighted by Gasteiger charge is -2.29. The molecule has 4 heteroatoms. The van der Waals surface area contributed by atoms with Crippen LogP contribution < -0.4 is 4.90 Å². The predicted molar refractivity (Wildman–Crippen MR) is 264 cm³/mol. The van der Waals surface area contributed by atoms with Crippen molar-refractivity contribution in [2.24, 2.45) is 0 Å². The molecule has 0 saturated carbocycles. The van der Waals surface area contributed by atoms with Gasteiger partial charge in [0.2, 0.25) is 0 Å². The van der Waals surface area contributed by atoms with E-state index in [9.17, 15) is 0 Å². The van der Waals surface area contributed by atoms with E-state index < -0.39 is 0 Å². The highest BCUT2D eigenvalue weighted by Crippen LogP contribution is 2.50. The van der Waals surface area contributed by atoms with E-state index in [1.807, 2.05) is 17.4 Å². The van der Waals surface area contributed by atoms with Crippen LogP contribution in [-0.2, 0) is 0 Å². The number of thiophene rings is 1. The van der Waals surface area contributed by atoms with Crippen molar-refractivity contribution in [3.8, 4) is 27.9 Å². The number of nitrogens with zero attached hydrogens (tertiary/aromatic N) is 2. The number of hydrogen-bond donors (Lipinski definition) is 0. The number of aromatic nitrogens is 1. The zero-order chi connectivity index (χ0) is 40.7.